The highest BCUT2D eigenvalue weighted by Crippen LogP contribution is 2.17. The minimum atomic E-state index is -0.361. The van der Waals surface area contributed by atoms with Crippen molar-refractivity contribution in [2.24, 2.45) is 11.7 Å². The van der Waals surface area contributed by atoms with E-state index in [1.807, 2.05) is 23.1 Å². The number of rotatable bonds is 5. The summed E-state index contributed by atoms with van der Waals surface area (Å²) in [6.45, 7) is 2.01. The minimum Gasteiger partial charge on any atom is -0.369 e. The Balaban J connectivity index is 1.54. The molecule has 1 aromatic heterocycles. The van der Waals surface area contributed by atoms with Crippen molar-refractivity contribution in [3.05, 3.63) is 23.8 Å². The number of nitrogens with one attached hydrogen (secondary N) is 1. The summed E-state index contributed by atoms with van der Waals surface area (Å²) in [5.41, 5.74) is 7.51. The maximum Gasteiger partial charge on any atom is 0.231 e. The average Bonchev–Trinajstić information content (AvgIpc) is 3.00. The molecular formula is C15H19N5O3. The van der Waals surface area contributed by atoms with Gasteiger partial charge in [0.1, 0.15) is 11.0 Å². The highest BCUT2D eigenvalue weighted by molar-refractivity contribution is 5.80. The fourth-order valence-corrected chi connectivity index (χ4v) is 2.90. The van der Waals surface area contributed by atoms with Crippen LogP contribution in [0.15, 0.2) is 22.8 Å². The van der Waals surface area contributed by atoms with Gasteiger partial charge in [-0.1, -0.05) is 6.07 Å². The number of likely N-dealkylation sites (tertiary alicyclic amines) is 1. The van der Waals surface area contributed by atoms with E-state index in [1.54, 1.807) is 0 Å². The number of amides is 2. The van der Waals surface area contributed by atoms with Crippen LogP contribution in [0.4, 0.5) is 0 Å². The molecule has 0 aliphatic carbocycles. The molecule has 0 radical (unpaired) electrons. The number of fused-ring (bicyclic) bond motifs is 1. The lowest BCUT2D eigenvalue weighted by Gasteiger charge is -2.30. The first-order valence-corrected chi connectivity index (χ1v) is 7.61. The standard InChI is InChI=1S/C15H19N5O3/c16-14(21)9-20-5-1-2-11(8-20)15(22)17-7-10-3-4-12-13(6-10)19-23-18-12/h3-4,6,11H,1-2,5,7-9H2,(H2,16,21)(H,17,22). The third kappa shape index (κ3) is 3.84. The third-order valence-corrected chi connectivity index (χ3v) is 4.04. The Kier molecular flexibility index (Phi) is 4.52. The molecule has 8 heteroatoms. The molecule has 1 unspecified atom stereocenters. The van der Waals surface area contributed by atoms with Crippen LogP contribution in [-0.4, -0.2) is 46.7 Å². The van der Waals surface area contributed by atoms with Crippen molar-refractivity contribution in [1.29, 1.82) is 0 Å². The van der Waals surface area contributed by atoms with Gasteiger partial charge in [0.15, 0.2) is 0 Å². The van der Waals surface area contributed by atoms with Crippen LogP contribution in [0.25, 0.3) is 11.0 Å². The van der Waals surface area contributed by atoms with E-state index in [9.17, 15) is 9.59 Å². The van der Waals surface area contributed by atoms with Crippen molar-refractivity contribution in [3.63, 3.8) is 0 Å². The van der Waals surface area contributed by atoms with Gasteiger partial charge in [0.25, 0.3) is 0 Å². The number of nitrogens with two attached hydrogens (primary N) is 1. The summed E-state index contributed by atoms with van der Waals surface area (Å²) in [4.78, 5) is 25.3. The summed E-state index contributed by atoms with van der Waals surface area (Å²) in [6.07, 6.45) is 1.72. The zero-order chi connectivity index (χ0) is 16.2. The maximum atomic E-state index is 12.3. The molecule has 2 heterocycles. The predicted octanol–water partition coefficient (Wildman–Crippen LogP) is 0.0363. The summed E-state index contributed by atoms with van der Waals surface area (Å²) in [7, 11) is 0. The number of piperidine rings is 1. The fraction of sp³-hybridized carbons (Fsp3) is 0.467. The highest BCUT2D eigenvalue weighted by Gasteiger charge is 2.26. The van der Waals surface area contributed by atoms with Crippen molar-refractivity contribution < 1.29 is 14.2 Å². The van der Waals surface area contributed by atoms with E-state index >= 15 is 0 Å². The summed E-state index contributed by atoms with van der Waals surface area (Å²) in [5.74, 6) is -0.473. The summed E-state index contributed by atoms with van der Waals surface area (Å²) >= 11 is 0. The third-order valence-electron chi connectivity index (χ3n) is 4.04. The number of primary amides is 1. The van der Waals surface area contributed by atoms with Crippen LogP contribution in [0.3, 0.4) is 0 Å². The van der Waals surface area contributed by atoms with Crippen LogP contribution in [0.5, 0.6) is 0 Å². The summed E-state index contributed by atoms with van der Waals surface area (Å²) in [6, 6.07) is 5.53. The first kappa shape index (κ1) is 15.4. The van der Waals surface area contributed by atoms with Crippen LogP contribution in [0.2, 0.25) is 0 Å². The van der Waals surface area contributed by atoms with E-state index in [0.717, 1.165) is 24.9 Å². The van der Waals surface area contributed by atoms with Crippen LogP contribution in [0.1, 0.15) is 18.4 Å². The molecule has 3 N–H and O–H groups in total. The Morgan fingerprint density at radius 1 is 1.35 bits per heavy atom. The van der Waals surface area contributed by atoms with Gasteiger partial charge in [-0.05, 0) is 47.4 Å². The van der Waals surface area contributed by atoms with Crippen molar-refractivity contribution in [1.82, 2.24) is 20.5 Å². The lowest BCUT2D eigenvalue weighted by molar-refractivity contribution is -0.128. The molecule has 8 nitrogen and oxygen atoms in total. The number of aromatic nitrogens is 2. The van der Waals surface area contributed by atoms with Crippen molar-refractivity contribution in [2.45, 2.75) is 19.4 Å². The molecule has 1 fully saturated rings. The Labute approximate surface area is 133 Å². The smallest absolute Gasteiger partial charge is 0.231 e. The average molecular weight is 317 g/mol. The second kappa shape index (κ2) is 6.74. The van der Waals surface area contributed by atoms with Gasteiger partial charge in [0, 0.05) is 13.1 Å². The van der Waals surface area contributed by atoms with E-state index in [0.29, 0.717) is 24.1 Å². The van der Waals surface area contributed by atoms with Gasteiger partial charge in [-0.25, -0.2) is 4.63 Å². The molecule has 0 bridgehead atoms. The van der Waals surface area contributed by atoms with E-state index in [2.05, 4.69) is 20.3 Å². The molecule has 1 atom stereocenters. The number of hydrogen-bond acceptors (Lipinski definition) is 6. The van der Waals surface area contributed by atoms with E-state index in [-0.39, 0.29) is 24.3 Å². The van der Waals surface area contributed by atoms with Gasteiger partial charge in [0.2, 0.25) is 11.8 Å². The molecular weight excluding hydrogens is 298 g/mol. The first-order chi connectivity index (χ1) is 11.1. The first-order valence-electron chi connectivity index (χ1n) is 7.61. The van der Waals surface area contributed by atoms with Gasteiger partial charge < -0.3 is 11.1 Å². The Morgan fingerprint density at radius 3 is 3.00 bits per heavy atom. The Morgan fingerprint density at radius 2 is 2.17 bits per heavy atom. The quantitative estimate of drug-likeness (QED) is 0.804. The van der Waals surface area contributed by atoms with E-state index < -0.39 is 0 Å². The number of benzene rings is 1. The monoisotopic (exact) mass is 317 g/mol. The van der Waals surface area contributed by atoms with E-state index in [4.69, 9.17) is 5.73 Å². The van der Waals surface area contributed by atoms with E-state index in [1.165, 1.54) is 0 Å². The minimum absolute atomic E-state index is 0.00227. The lowest BCUT2D eigenvalue weighted by atomic mass is 9.97. The molecule has 1 aliphatic heterocycles. The second-order valence-electron chi connectivity index (χ2n) is 5.85. The van der Waals surface area contributed by atoms with Crippen LogP contribution in [0, 0.1) is 5.92 Å². The molecule has 2 aromatic rings. The Bertz CT molecular complexity index is 714. The van der Waals surface area contributed by atoms with Crippen molar-refractivity contribution >= 4 is 22.8 Å². The molecule has 3 rings (SSSR count). The SMILES string of the molecule is NC(=O)CN1CCCC(C(=O)NCc2ccc3nonc3c2)C1. The Hall–Kier alpha value is -2.48. The number of carbonyl (C=O) groups is 2. The van der Waals surface area contributed by atoms with Gasteiger partial charge >= 0.3 is 0 Å². The fourth-order valence-electron chi connectivity index (χ4n) is 2.90. The lowest BCUT2D eigenvalue weighted by Crippen LogP contribution is -2.45. The van der Waals surface area contributed by atoms with Gasteiger partial charge in [-0.2, -0.15) is 0 Å². The molecule has 23 heavy (non-hydrogen) atoms. The second-order valence-corrected chi connectivity index (χ2v) is 5.85. The normalized spacial score (nSPS) is 18.9. The molecule has 0 saturated carbocycles. The van der Waals surface area contributed by atoms with Crippen LogP contribution >= 0.6 is 0 Å². The number of nitrogens with zero attached hydrogens (tertiary/aromatic N) is 3. The zero-order valence-electron chi connectivity index (χ0n) is 12.7. The number of carbonyl (C=O) groups excluding carboxylic acids is 2. The number of hydrogen-bond donors (Lipinski definition) is 2. The zero-order valence-corrected chi connectivity index (χ0v) is 12.7. The van der Waals surface area contributed by atoms with Gasteiger partial charge in [0.05, 0.1) is 12.5 Å². The van der Waals surface area contributed by atoms with Crippen LogP contribution < -0.4 is 11.1 Å². The predicted molar refractivity (Wildman–Crippen MR) is 82.0 cm³/mol. The molecule has 0 spiro atoms. The maximum absolute atomic E-state index is 12.3. The van der Waals surface area contributed by atoms with Crippen LogP contribution in [-0.2, 0) is 16.1 Å². The summed E-state index contributed by atoms with van der Waals surface area (Å²) < 4.78 is 4.65. The topological polar surface area (TPSA) is 114 Å². The van der Waals surface area contributed by atoms with Crippen molar-refractivity contribution in [2.75, 3.05) is 19.6 Å². The molecule has 1 aromatic carbocycles. The van der Waals surface area contributed by atoms with Gasteiger partial charge in [-0.15, -0.1) is 0 Å². The molecule has 1 saturated heterocycles. The highest BCUT2D eigenvalue weighted by atomic mass is 16.6. The molecule has 1 aliphatic rings. The molecule has 122 valence electrons. The van der Waals surface area contributed by atoms with Gasteiger partial charge in [-0.3, -0.25) is 14.5 Å². The largest absolute Gasteiger partial charge is 0.369 e. The summed E-state index contributed by atoms with van der Waals surface area (Å²) in [5, 5.41) is 10.5. The molecule has 2 amide bonds. The van der Waals surface area contributed by atoms with Crippen molar-refractivity contribution in [3.8, 4) is 0 Å².